The molecule has 0 spiro atoms. The van der Waals surface area contributed by atoms with Gasteiger partial charge < -0.3 is 0 Å². The van der Waals surface area contributed by atoms with Crippen molar-refractivity contribution in [2.75, 3.05) is 4.72 Å². The van der Waals surface area contributed by atoms with Crippen LogP contribution in [0.5, 0.6) is 0 Å². The van der Waals surface area contributed by atoms with E-state index in [1.165, 1.54) is 6.92 Å². The van der Waals surface area contributed by atoms with Crippen LogP contribution in [0.15, 0.2) is 71.6 Å². The van der Waals surface area contributed by atoms with Crippen LogP contribution in [0.25, 0.3) is 10.8 Å². The minimum absolute atomic E-state index is 0.000701. The highest BCUT2D eigenvalue weighted by molar-refractivity contribution is 7.92. The van der Waals surface area contributed by atoms with Gasteiger partial charge in [0.15, 0.2) is 5.78 Å². The number of fused-ring (bicyclic) bond motifs is 1. The Morgan fingerprint density at radius 3 is 2.22 bits per heavy atom. The third kappa shape index (κ3) is 3.24. The average Bonchev–Trinajstić information content (AvgIpc) is 2.54. The van der Waals surface area contributed by atoms with E-state index >= 15 is 0 Å². The molecule has 1 N–H and O–H groups in total. The molecule has 23 heavy (non-hydrogen) atoms. The number of Topliss-reactive ketones (excluding diaryl/α,β-unsaturated/α-hetero) is 1. The number of hydrogen-bond acceptors (Lipinski definition) is 3. The summed E-state index contributed by atoms with van der Waals surface area (Å²) in [7, 11) is -3.61. The maximum atomic E-state index is 12.3. The van der Waals surface area contributed by atoms with Gasteiger partial charge in [-0.05, 0) is 48.0 Å². The first-order chi connectivity index (χ1) is 11.0. The smallest absolute Gasteiger partial charge is 0.261 e. The second-order valence-corrected chi connectivity index (χ2v) is 6.93. The van der Waals surface area contributed by atoms with E-state index in [-0.39, 0.29) is 10.7 Å². The second kappa shape index (κ2) is 5.85. The SMILES string of the molecule is CC(=O)c1ccc2cc(NS(=O)(=O)c3ccccc3)ccc2c1. The van der Waals surface area contributed by atoms with Gasteiger partial charge in [0.05, 0.1) is 4.90 Å². The summed E-state index contributed by atoms with van der Waals surface area (Å²) in [5, 5.41) is 1.75. The van der Waals surface area contributed by atoms with Crippen LogP contribution >= 0.6 is 0 Å². The maximum absolute atomic E-state index is 12.3. The Morgan fingerprint density at radius 1 is 0.870 bits per heavy atom. The number of hydrogen-bond donors (Lipinski definition) is 1. The molecule has 0 heterocycles. The number of sulfonamides is 1. The van der Waals surface area contributed by atoms with Crippen LogP contribution in [0, 0.1) is 0 Å². The molecule has 0 bridgehead atoms. The Kier molecular flexibility index (Phi) is 3.88. The van der Waals surface area contributed by atoms with Gasteiger partial charge in [-0.3, -0.25) is 9.52 Å². The van der Waals surface area contributed by atoms with Gasteiger partial charge in [0, 0.05) is 11.3 Å². The summed E-state index contributed by atoms with van der Waals surface area (Å²) < 4.78 is 27.2. The van der Waals surface area contributed by atoms with E-state index in [1.807, 2.05) is 6.07 Å². The topological polar surface area (TPSA) is 63.2 Å². The molecule has 0 radical (unpaired) electrons. The number of ketones is 1. The van der Waals surface area contributed by atoms with Gasteiger partial charge >= 0.3 is 0 Å². The van der Waals surface area contributed by atoms with Gasteiger partial charge in [0.2, 0.25) is 0 Å². The summed E-state index contributed by atoms with van der Waals surface area (Å²) in [6.07, 6.45) is 0. The van der Waals surface area contributed by atoms with Crippen molar-refractivity contribution < 1.29 is 13.2 Å². The molecule has 0 unspecified atom stereocenters. The van der Waals surface area contributed by atoms with Gasteiger partial charge in [-0.25, -0.2) is 8.42 Å². The highest BCUT2D eigenvalue weighted by atomic mass is 32.2. The number of carbonyl (C=O) groups excluding carboxylic acids is 1. The van der Waals surface area contributed by atoms with Crippen molar-refractivity contribution in [2.24, 2.45) is 0 Å². The fourth-order valence-electron chi connectivity index (χ4n) is 2.34. The lowest BCUT2D eigenvalue weighted by Gasteiger charge is -2.09. The number of anilines is 1. The Labute approximate surface area is 134 Å². The van der Waals surface area contributed by atoms with Gasteiger partial charge in [-0.15, -0.1) is 0 Å². The van der Waals surface area contributed by atoms with Crippen LogP contribution in [0.4, 0.5) is 5.69 Å². The van der Waals surface area contributed by atoms with Crippen LogP contribution in [-0.4, -0.2) is 14.2 Å². The summed E-state index contributed by atoms with van der Waals surface area (Å²) >= 11 is 0. The molecular weight excluding hydrogens is 310 g/mol. The first-order valence-electron chi connectivity index (χ1n) is 7.08. The Bertz CT molecular complexity index is 980. The van der Waals surface area contributed by atoms with E-state index in [1.54, 1.807) is 60.7 Å². The summed E-state index contributed by atoms with van der Waals surface area (Å²) in [6.45, 7) is 1.52. The fraction of sp³-hybridized carbons (Fsp3) is 0.0556. The molecule has 0 fully saturated rings. The highest BCUT2D eigenvalue weighted by Gasteiger charge is 2.13. The summed E-state index contributed by atoms with van der Waals surface area (Å²) in [6, 6.07) is 18.8. The largest absolute Gasteiger partial charge is 0.295 e. The van der Waals surface area contributed by atoms with Crippen molar-refractivity contribution in [3.05, 3.63) is 72.3 Å². The molecule has 3 aromatic rings. The molecule has 0 amide bonds. The molecule has 0 aliphatic rings. The summed E-state index contributed by atoms with van der Waals surface area (Å²) in [5.41, 5.74) is 1.12. The van der Waals surface area contributed by atoms with Crippen molar-refractivity contribution in [3.8, 4) is 0 Å². The third-order valence-corrected chi connectivity index (χ3v) is 4.95. The van der Waals surface area contributed by atoms with Crippen LogP contribution in [0.2, 0.25) is 0 Å². The first-order valence-corrected chi connectivity index (χ1v) is 8.57. The van der Waals surface area contributed by atoms with Gasteiger partial charge in [-0.2, -0.15) is 0 Å². The molecule has 0 saturated carbocycles. The second-order valence-electron chi connectivity index (χ2n) is 5.25. The zero-order valence-corrected chi connectivity index (χ0v) is 13.3. The molecule has 5 heteroatoms. The lowest BCUT2D eigenvalue weighted by Crippen LogP contribution is -2.12. The Balaban J connectivity index is 1.95. The van der Waals surface area contributed by atoms with Crippen molar-refractivity contribution in [2.45, 2.75) is 11.8 Å². The van der Waals surface area contributed by atoms with Crippen molar-refractivity contribution in [1.29, 1.82) is 0 Å². The zero-order chi connectivity index (χ0) is 16.4. The molecule has 4 nitrogen and oxygen atoms in total. The quantitative estimate of drug-likeness (QED) is 0.741. The van der Waals surface area contributed by atoms with Crippen molar-refractivity contribution in [3.63, 3.8) is 0 Å². The number of rotatable bonds is 4. The van der Waals surface area contributed by atoms with Crippen molar-refractivity contribution in [1.82, 2.24) is 0 Å². The van der Waals surface area contributed by atoms with Crippen LogP contribution in [0.1, 0.15) is 17.3 Å². The monoisotopic (exact) mass is 325 g/mol. The number of benzene rings is 3. The number of nitrogens with one attached hydrogen (secondary N) is 1. The van der Waals surface area contributed by atoms with Gasteiger partial charge in [0.1, 0.15) is 0 Å². The molecule has 0 aliphatic carbocycles. The zero-order valence-electron chi connectivity index (χ0n) is 12.5. The minimum Gasteiger partial charge on any atom is -0.295 e. The van der Waals surface area contributed by atoms with Crippen LogP contribution in [0.3, 0.4) is 0 Å². The van der Waals surface area contributed by atoms with E-state index in [9.17, 15) is 13.2 Å². The maximum Gasteiger partial charge on any atom is 0.261 e. The van der Waals surface area contributed by atoms with E-state index in [2.05, 4.69) is 4.72 Å². The molecule has 0 aliphatic heterocycles. The van der Waals surface area contributed by atoms with Crippen LogP contribution < -0.4 is 4.72 Å². The molecule has 0 atom stereocenters. The molecular formula is C18H15NO3S. The first kappa shape index (κ1) is 15.2. The predicted molar refractivity (Wildman–Crippen MR) is 91.2 cm³/mol. The normalized spacial score (nSPS) is 11.3. The van der Waals surface area contributed by atoms with E-state index in [0.29, 0.717) is 11.3 Å². The summed E-state index contributed by atoms with van der Waals surface area (Å²) in [5.74, 6) is 0.000701. The Morgan fingerprint density at radius 2 is 1.52 bits per heavy atom. The lowest BCUT2D eigenvalue weighted by atomic mass is 10.0. The summed E-state index contributed by atoms with van der Waals surface area (Å²) in [4.78, 5) is 11.6. The minimum atomic E-state index is -3.61. The van der Waals surface area contributed by atoms with E-state index in [0.717, 1.165) is 10.8 Å². The molecule has 0 saturated heterocycles. The Hall–Kier alpha value is -2.66. The van der Waals surface area contributed by atoms with E-state index < -0.39 is 10.0 Å². The average molecular weight is 325 g/mol. The molecule has 3 aromatic carbocycles. The molecule has 3 rings (SSSR count). The molecule has 116 valence electrons. The highest BCUT2D eigenvalue weighted by Crippen LogP contribution is 2.23. The third-order valence-electron chi connectivity index (χ3n) is 3.55. The fourth-order valence-corrected chi connectivity index (χ4v) is 3.41. The standard InChI is InChI=1S/C18H15NO3S/c1-13(20)14-7-8-16-12-17(10-9-15(16)11-14)19-23(21,22)18-5-3-2-4-6-18/h2-12,19H,1H3. The predicted octanol–water partition coefficient (Wildman–Crippen LogP) is 3.84. The van der Waals surface area contributed by atoms with Crippen molar-refractivity contribution >= 4 is 32.3 Å². The van der Waals surface area contributed by atoms with E-state index in [4.69, 9.17) is 0 Å². The lowest BCUT2D eigenvalue weighted by molar-refractivity contribution is 0.101. The number of carbonyl (C=O) groups is 1. The van der Waals surface area contributed by atoms with Gasteiger partial charge in [0.25, 0.3) is 10.0 Å². The molecule has 0 aromatic heterocycles. The van der Waals surface area contributed by atoms with Crippen LogP contribution in [-0.2, 0) is 10.0 Å². The van der Waals surface area contributed by atoms with Gasteiger partial charge in [-0.1, -0.05) is 36.4 Å².